The fraction of sp³-hybridized carbons (Fsp3) is 0.214. The minimum atomic E-state index is -4.91. The van der Waals surface area contributed by atoms with E-state index in [9.17, 15) is 38.9 Å². The van der Waals surface area contributed by atoms with E-state index in [0.29, 0.717) is 22.3 Å². The van der Waals surface area contributed by atoms with Crippen molar-refractivity contribution >= 4 is 53.5 Å². The van der Waals surface area contributed by atoms with Gasteiger partial charge in [-0.2, -0.15) is 0 Å². The van der Waals surface area contributed by atoms with Gasteiger partial charge in [-0.25, -0.2) is 25.3 Å². The first-order valence-electron chi connectivity index (χ1n) is 12.3. The quantitative estimate of drug-likeness (QED) is 0.0817. The van der Waals surface area contributed by atoms with Crippen molar-refractivity contribution in [3.8, 4) is 0 Å². The van der Waals surface area contributed by atoms with Crippen LogP contribution in [0.25, 0.3) is 0 Å². The Kier molecular flexibility index (Phi) is 18.3. The minimum Gasteiger partial charge on any atom is -0.744 e. The normalized spacial score (nSPS) is 12.3. The van der Waals surface area contributed by atoms with E-state index in [1.165, 1.54) is 36.4 Å². The number of hydrogen-bond donors (Lipinski definition) is 0. The Labute approximate surface area is 327 Å². The molecule has 0 spiro atoms. The van der Waals surface area contributed by atoms with Gasteiger partial charge in [0.25, 0.3) is 0 Å². The molecule has 0 aromatic heterocycles. The zero-order chi connectivity index (χ0) is 30.6. The second-order valence-corrected chi connectivity index (χ2v) is 17.4. The molecule has 0 saturated carbocycles. The molecule has 220 valence electrons. The van der Waals surface area contributed by atoms with Crippen molar-refractivity contribution in [3.63, 3.8) is 0 Å². The molecule has 0 bridgehead atoms. The maximum absolute atomic E-state index is 12.0. The van der Waals surface area contributed by atoms with Gasteiger partial charge in [-0.3, -0.25) is 0 Å². The summed E-state index contributed by atoms with van der Waals surface area (Å²) in [5.41, 5.74) is 2.08. The van der Waals surface area contributed by atoms with Crippen LogP contribution in [0.1, 0.15) is 33.6 Å². The van der Waals surface area contributed by atoms with Gasteiger partial charge in [0.15, 0.2) is 0 Å². The molecule has 44 heavy (non-hydrogen) atoms. The fourth-order valence-corrected chi connectivity index (χ4v) is 10.4. The van der Waals surface area contributed by atoms with Gasteiger partial charge in [0.05, 0.1) is 20.8 Å². The second kappa shape index (κ2) is 18.2. The zero-order valence-electron chi connectivity index (χ0n) is 25.6. The Bertz CT molecular complexity index is 1660. The molecule has 0 aliphatic heterocycles. The van der Waals surface area contributed by atoms with Gasteiger partial charge in [-0.1, -0.05) is 35.4 Å². The maximum Gasteiger partial charge on any atom is 1.00 e. The van der Waals surface area contributed by atoms with Gasteiger partial charge < -0.3 is 13.7 Å². The van der Waals surface area contributed by atoms with Gasteiger partial charge in [0.2, 0.25) is 0 Å². The number of rotatable bonds is 11. The van der Waals surface area contributed by atoms with Crippen molar-refractivity contribution < 1.29 is 128 Å². The molecular formula is C28H29Na3O9PS3+. The van der Waals surface area contributed by atoms with Crippen LogP contribution in [-0.4, -0.2) is 45.1 Å². The SMILES string of the molecule is CC(C)=CCC/C(C)=C/C[P+](c1cccc(S(=O)(=O)[O-])c1)(c1cccc(S(=O)(=O)[O-])c1)c1cccc(S(=O)(=O)[O-])c1.[Na+].[Na+].[Na+]. The second-order valence-electron chi connectivity index (χ2n) is 9.72. The van der Waals surface area contributed by atoms with E-state index in [1.807, 2.05) is 26.8 Å². The standard InChI is InChI=1S/C28H31O9PS3.3Na/c1-21(2)8-4-9-22(3)16-17-38(23-10-5-13-26(18-23)39(29,30)31,24-11-6-14-27(19-24)40(32,33)34)25-12-7-15-28(20-25)41(35,36)37;;;/h5-8,10-16,18-20H,4,9,17H2,1-3H3,(H2-,29,30,31,32,33,34,35,36,37);;;/q;3*+1/p-2/b22-16+;;;. The summed E-state index contributed by atoms with van der Waals surface area (Å²) in [4.78, 5) is -1.61. The molecule has 0 radical (unpaired) electrons. The minimum absolute atomic E-state index is 0. The first-order valence-corrected chi connectivity index (χ1v) is 18.5. The molecule has 3 aromatic rings. The Morgan fingerprint density at radius 1 is 0.614 bits per heavy atom. The van der Waals surface area contributed by atoms with E-state index in [-0.39, 0.29) is 94.8 Å². The van der Waals surface area contributed by atoms with Crippen molar-refractivity contribution in [2.24, 2.45) is 0 Å². The molecule has 0 heterocycles. The summed E-state index contributed by atoms with van der Waals surface area (Å²) in [7, 11) is -18.0. The van der Waals surface area contributed by atoms with Crippen LogP contribution in [0.15, 0.2) is 111 Å². The summed E-state index contributed by atoms with van der Waals surface area (Å²) in [5.74, 6) is 0. The largest absolute Gasteiger partial charge is 1.00 e. The van der Waals surface area contributed by atoms with E-state index in [0.717, 1.165) is 35.8 Å². The summed E-state index contributed by atoms with van der Waals surface area (Å²) in [6, 6.07) is 15.7. The van der Waals surface area contributed by atoms with Crippen molar-refractivity contribution in [1.82, 2.24) is 0 Å². The van der Waals surface area contributed by atoms with E-state index in [2.05, 4.69) is 6.08 Å². The van der Waals surface area contributed by atoms with Crippen molar-refractivity contribution in [2.45, 2.75) is 48.3 Å². The Morgan fingerprint density at radius 2 is 0.955 bits per heavy atom. The number of allylic oxidation sites excluding steroid dienone is 4. The van der Waals surface area contributed by atoms with E-state index < -0.39 is 52.3 Å². The molecule has 3 rings (SSSR count). The van der Waals surface area contributed by atoms with Crippen LogP contribution in [0, 0.1) is 0 Å². The maximum atomic E-state index is 12.0. The van der Waals surface area contributed by atoms with Crippen LogP contribution in [0.2, 0.25) is 0 Å². The molecule has 0 unspecified atom stereocenters. The van der Waals surface area contributed by atoms with Crippen molar-refractivity contribution in [2.75, 3.05) is 6.16 Å². The van der Waals surface area contributed by atoms with Gasteiger partial charge in [0, 0.05) is 0 Å². The molecule has 0 saturated heterocycles. The van der Waals surface area contributed by atoms with Crippen molar-refractivity contribution in [3.05, 3.63) is 96.1 Å². The van der Waals surface area contributed by atoms with Crippen LogP contribution in [-0.2, 0) is 30.4 Å². The van der Waals surface area contributed by atoms with E-state index in [4.69, 9.17) is 0 Å². The molecule has 0 amide bonds. The van der Waals surface area contributed by atoms with Crippen LogP contribution < -0.4 is 105 Å². The average molecular weight is 706 g/mol. The van der Waals surface area contributed by atoms with Gasteiger partial charge in [-0.05, 0) is 94.3 Å². The Balaban J connectivity index is 0.00000616. The number of benzene rings is 3. The first-order chi connectivity index (χ1) is 18.9. The molecular weight excluding hydrogens is 676 g/mol. The van der Waals surface area contributed by atoms with E-state index in [1.54, 1.807) is 18.2 Å². The summed E-state index contributed by atoms with van der Waals surface area (Å²) in [6.07, 6.45) is 5.51. The third-order valence-electron chi connectivity index (χ3n) is 6.45. The summed E-state index contributed by atoms with van der Waals surface area (Å²) < 4.78 is 108. The fourth-order valence-electron chi connectivity index (χ4n) is 4.38. The Morgan fingerprint density at radius 3 is 1.25 bits per heavy atom. The molecule has 0 aliphatic rings. The Hall–Kier alpha value is 0.300. The first kappa shape index (κ1) is 44.3. The van der Waals surface area contributed by atoms with Crippen LogP contribution in [0.3, 0.4) is 0 Å². The van der Waals surface area contributed by atoms with E-state index >= 15 is 0 Å². The van der Waals surface area contributed by atoms with Gasteiger partial charge in [-0.15, -0.1) is 0 Å². The third-order valence-corrected chi connectivity index (χ3v) is 13.1. The monoisotopic (exact) mass is 705 g/mol. The average Bonchev–Trinajstić information content (AvgIpc) is 2.88. The van der Waals surface area contributed by atoms with Crippen LogP contribution in [0.5, 0.6) is 0 Å². The van der Waals surface area contributed by atoms with Gasteiger partial charge >= 0.3 is 88.7 Å². The molecule has 0 N–H and O–H groups in total. The number of hydrogen-bond acceptors (Lipinski definition) is 9. The summed E-state index contributed by atoms with van der Waals surface area (Å²) >= 11 is 0. The third kappa shape index (κ3) is 11.8. The molecule has 9 nitrogen and oxygen atoms in total. The predicted octanol–water partition coefficient (Wildman–Crippen LogP) is -5.60. The summed E-state index contributed by atoms with van der Waals surface area (Å²) in [6.45, 7) is 5.84. The molecule has 0 aliphatic carbocycles. The molecule has 0 atom stereocenters. The van der Waals surface area contributed by atoms with Crippen molar-refractivity contribution in [1.29, 1.82) is 0 Å². The van der Waals surface area contributed by atoms with Gasteiger partial charge in [0.1, 0.15) is 53.5 Å². The smallest absolute Gasteiger partial charge is 0.744 e. The van der Waals surface area contributed by atoms with Crippen LogP contribution >= 0.6 is 7.26 Å². The molecule has 0 fully saturated rings. The molecule has 3 aromatic carbocycles. The van der Waals surface area contributed by atoms with Crippen LogP contribution in [0.4, 0.5) is 0 Å². The zero-order valence-corrected chi connectivity index (χ0v) is 34.9. The summed E-state index contributed by atoms with van der Waals surface area (Å²) in [5, 5.41) is 0.927. The predicted molar refractivity (Wildman–Crippen MR) is 156 cm³/mol. The topological polar surface area (TPSA) is 172 Å². The molecule has 16 heteroatoms.